The van der Waals surface area contributed by atoms with Gasteiger partial charge in [0.05, 0.1) is 6.61 Å². The summed E-state index contributed by atoms with van der Waals surface area (Å²) in [5, 5.41) is 12.3. The highest BCUT2D eigenvalue weighted by atomic mass is 35.5. The molecule has 0 aliphatic rings. The van der Waals surface area contributed by atoms with Crippen molar-refractivity contribution in [3.63, 3.8) is 0 Å². The largest absolute Gasteiger partial charge is 0.398 e. The number of halogens is 1. The van der Waals surface area contributed by atoms with Crippen LogP contribution in [0.15, 0.2) is 17.5 Å². The van der Waals surface area contributed by atoms with E-state index in [4.69, 9.17) is 17.3 Å². The Labute approximate surface area is 90.9 Å². The molecule has 2 aromatic rings. The number of aliphatic hydroxyl groups excluding tert-OH is 1. The summed E-state index contributed by atoms with van der Waals surface area (Å²) in [7, 11) is 0. The van der Waals surface area contributed by atoms with Gasteiger partial charge in [-0.2, -0.15) is 0 Å². The summed E-state index contributed by atoms with van der Waals surface area (Å²) in [6, 6.07) is 3.85. The molecule has 0 aliphatic heterocycles. The summed E-state index contributed by atoms with van der Waals surface area (Å²) in [4.78, 5) is 0. The van der Waals surface area contributed by atoms with Gasteiger partial charge in [-0.3, -0.25) is 0 Å². The third-order valence-corrected chi connectivity index (χ3v) is 3.53. The highest BCUT2D eigenvalue weighted by Crippen LogP contribution is 2.32. The molecule has 0 saturated heterocycles. The van der Waals surface area contributed by atoms with Crippen LogP contribution < -0.4 is 5.73 Å². The molecule has 2 nitrogen and oxygen atoms in total. The Bertz CT molecular complexity index is 466. The van der Waals surface area contributed by atoms with Crippen molar-refractivity contribution in [2.45, 2.75) is 12.5 Å². The second-order valence-corrected chi connectivity index (χ2v) is 4.24. The minimum atomic E-state index is -0.0224. The number of anilines is 1. The average Bonchev–Trinajstić information content (AvgIpc) is 2.65. The lowest BCUT2D eigenvalue weighted by atomic mass is 10.1. The Morgan fingerprint density at radius 2 is 2.29 bits per heavy atom. The monoisotopic (exact) mass is 227 g/mol. The molecule has 0 saturated carbocycles. The van der Waals surface area contributed by atoms with Crippen LogP contribution in [0.1, 0.15) is 11.1 Å². The Balaban J connectivity index is 2.81. The number of rotatable bonds is 2. The van der Waals surface area contributed by atoms with Crippen LogP contribution in [0.2, 0.25) is 0 Å². The van der Waals surface area contributed by atoms with Gasteiger partial charge in [-0.25, -0.2) is 0 Å². The van der Waals surface area contributed by atoms with Gasteiger partial charge in [0.25, 0.3) is 0 Å². The zero-order valence-electron chi connectivity index (χ0n) is 7.46. The molecule has 1 aromatic carbocycles. The zero-order valence-corrected chi connectivity index (χ0v) is 9.03. The van der Waals surface area contributed by atoms with Crippen LogP contribution in [0.4, 0.5) is 5.69 Å². The van der Waals surface area contributed by atoms with Crippen LogP contribution in [-0.4, -0.2) is 5.11 Å². The SMILES string of the molecule is Nc1cc(CCl)c2ccsc2c1CO. The zero-order chi connectivity index (χ0) is 10.1. The first kappa shape index (κ1) is 9.77. The number of nitrogen functional groups attached to an aromatic ring is 1. The Morgan fingerprint density at radius 3 is 2.93 bits per heavy atom. The molecule has 1 aromatic heterocycles. The van der Waals surface area contributed by atoms with Crippen LogP contribution in [-0.2, 0) is 12.5 Å². The molecule has 74 valence electrons. The van der Waals surface area contributed by atoms with E-state index in [-0.39, 0.29) is 6.61 Å². The Kier molecular flexibility index (Phi) is 2.63. The van der Waals surface area contributed by atoms with Crippen LogP contribution in [0, 0.1) is 0 Å². The molecule has 0 spiro atoms. The lowest BCUT2D eigenvalue weighted by molar-refractivity contribution is 0.284. The molecule has 14 heavy (non-hydrogen) atoms. The number of hydrogen-bond donors (Lipinski definition) is 2. The predicted molar refractivity (Wildman–Crippen MR) is 61.7 cm³/mol. The van der Waals surface area contributed by atoms with Gasteiger partial charge in [-0.1, -0.05) is 0 Å². The fraction of sp³-hybridized carbons (Fsp3) is 0.200. The molecule has 3 N–H and O–H groups in total. The minimum Gasteiger partial charge on any atom is -0.398 e. The van der Waals surface area contributed by atoms with E-state index in [0.29, 0.717) is 11.6 Å². The molecule has 0 aliphatic carbocycles. The van der Waals surface area contributed by atoms with E-state index < -0.39 is 0 Å². The highest BCUT2D eigenvalue weighted by Gasteiger charge is 2.09. The van der Waals surface area contributed by atoms with Crippen molar-refractivity contribution in [3.05, 3.63) is 28.6 Å². The van der Waals surface area contributed by atoms with E-state index >= 15 is 0 Å². The molecule has 0 fully saturated rings. The van der Waals surface area contributed by atoms with Crippen LogP contribution in [0.25, 0.3) is 10.1 Å². The molecule has 0 bridgehead atoms. The standard InChI is InChI=1S/C10H10ClNOS/c11-4-6-3-9(12)8(5-13)10-7(6)1-2-14-10/h1-3,13H,4-5,12H2. The first-order valence-corrected chi connectivity index (χ1v) is 5.63. The van der Waals surface area contributed by atoms with Crippen LogP contribution in [0.3, 0.4) is 0 Å². The fourth-order valence-electron chi connectivity index (χ4n) is 1.55. The maximum atomic E-state index is 9.19. The first-order valence-electron chi connectivity index (χ1n) is 4.22. The minimum absolute atomic E-state index is 0.0224. The Hall–Kier alpha value is -0.770. The molecule has 0 amide bonds. The number of nitrogens with two attached hydrogens (primary N) is 1. The normalized spacial score (nSPS) is 11.0. The van der Waals surface area contributed by atoms with Crippen molar-refractivity contribution in [2.24, 2.45) is 0 Å². The maximum Gasteiger partial charge on any atom is 0.0716 e. The quantitative estimate of drug-likeness (QED) is 0.612. The lowest BCUT2D eigenvalue weighted by Gasteiger charge is -2.07. The summed E-state index contributed by atoms with van der Waals surface area (Å²) in [6.07, 6.45) is 0. The van der Waals surface area contributed by atoms with Crippen molar-refractivity contribution in [1.29, 1.82) is 0 Å². The first-order chi connectivity index (χ1) is 6.77. The van der Waals surface area contributed by atoms with Gasteiger partial charge in [0, 0.05) is 21.8 Å². The van der Waals surface area contributed by atoms with Crippen molar-refractivity contribution in [1.82, 2.24) is 0 Å². The van der Waals surface area contributed by atoms with E-state index in [2.05, 4.69) is 0 Å². The van der Waals surface area contributed by atoms with Gasteiger partial charge >= 0.3 is 0 Å². The summed E-state index contributed by atoms with van der Waals surface area (Å²) in [6.45, 7) is -0.0224. The molecule has 0 radical (unpaired) electrons. The molecular formula is C10H10ClNOS. The van der Waals surface area contributed by atoms with Gasteiger partial charge in [-0.15, -0.1) is 22.9 Å². The third kappa shape index (κ3) is 1.38. The molecule has 4 heteroatoms. The Morgan fingerprint density at radius 1 is 1.50 bits per heavy atom. The van der Waals surface area contributed by atoms with Gasteiger partial charge in [0.2, 0.25) is 0 Å². The van der Waals surface area contributed by atoms with Crippen molar-refractivity contribution >= 4 is 38.7 Å². The summed E-state index contributed by atoms with van der Waals surface area (Å²) >= 11 is 7.40. The lowest BCUT2D eigenvalue weighted by Crippen LogP contribution is -1.96. The molecule has 2 rings (SSSR count). The number of thiophene rings is 1. The van der Waals surface area contributed by atoms with E-state index in [0.717, 1.165) is 21.2 Å². The van der Waals surface area contributed by atoms with E-state index in [9.17, 15) is 5.11 Å². The number of aliphatic hydroxyl groups is 1. The number of alkyl halides is 1. The van der Waals surface area contributed by atoms with E-state index in [1.165, 1.54) is 0 Å². The number of hydrogen-bond acceptors (Lipinski definition) is 3. The topological polar surface area (TPSA) is 46.2 Å². The van der Waals surface area contributed by atoms with Crippen LogP contribution >= 0.6 is 22.9 Å². The maximum absolute atomic E-state index is 9.19. The van der Waals surface area contributed by atoms with Crippen molar-refractivity contribution in [3.8, 4) is 0 Å². The van der Waals surface area contributed by atoms with Crippen LogP contribution in [0.5, 0.6) is 0 Å². The smallest absolute Gasteiger partial charge is 0.0716 e. The van der Waals surface area contributed by atoms with Gasteiger partial charge < -0.3 is 10.8 Å². The fourth-order valence-corrected chi connectivity index (χ4v) is 2.77. The van der Waals surface area contributed by atoms with E-state index in [1.54, 1.807) is 11.3 Å². The average molecular weight is 228 g/mol. The second-order valence-electron chi connectivity index (χ2n) is 3.06. The predicted octanol–water partition coefficient (Wildman–Crippen LogP) is 2.71. The van der Waals surface area contributed by atoms with Crippen molar-refractivity contribution in [2.75, 3.05) is 5.73 Å². The third-order valence-electron chi connectivity index (χ3n) is 2.27. The summed E-state index contributed by atoms with van der Waals surface area (Å²) < 4.78 is 1.04. The van der Waals surface area contributed by atoms with Crippen molar-refractivity contribution < 1.29 is 5.11 Å². The number of fused-ring (bicyclic) bond motifs is 1. The summed E-state index contributed by atoms with van der Waals surface area (Å²) in [5.41, 5.74) is 8.28. The molecule has 1 heterocycles. The molecule has 0 atom stereocenters. The van der Waals surface area contributed by atoms with Gasteiger partial charge in [-0.05, 0) is 28.5 Å². The summed E-state index contributed by atoms with van der Waals surface area (Å²) in [5.74, 6) is 0.448. The van der Waals surface area contributed by atoms with Gasteiger partial charge in [0.15, 0.2) is 0 Å². The number of benzene rings is 1. The van der Waals surface area contributed by atoms with E-state index in [1.807, 2.05) is 17.5 Å². The highest BCUT2D eigenvalue weighted by molar-refractivity contribution is 7.17. The molecule has 0 unspecified atom stereocenters. The van der Waals surface area contributed by atoms with Gasteiger partial charge in [0.1, 0.15) is 0 Å². The molecular weight excluding hydrogens is 218 g/mol. The second kappa shape index (κ2) is 3.77.